The van der Waals surface area contributed by atoms with E-state index in [9.17, 15) is 8.78 Å². The van der Waals surface area contributed by atoms with Crippen molar-refractivity contribution in [2.45, 2.75) is 26.7 Å². The summed E-state index contributed by atoms with van der Waals surface area (Å²) in [7, 11) is 0. The van der Waals surface area contributed by atoms with Crippen LogP contribution in [-0.2, 0) is 0 Å². The van der Waals surface area contributed by atoms with Crippen LogP contribution in [0.3, 0.4) is 0 Å². The highest BCUT2D eigenvalue weighted by Crippen LogP contribution is 2.19. The third-order valence-corrected chi connectivity index (χ3v) is 3.26. The van der Waals surface area contributed by atoms with Gasteiger partial charge in [0.25, 0.3) is 0 Å². The van der Waals surface area contributed by atoms with E-state index in [1.54, 1.807) is 24.3 Å². The van der Waals surface area contributed by atoms with E-state index in [2.05, 4.69) is 23.7 Å². The maximum Gasteiger partial charge on any atom is 0.166 e. The summed E-state index contributed by atoms with van der Waals surface area (Å²) in [6.07, 6.45) is 1.62. The molecule has 0 saturated heterocycles. The van der Waals surface area contributed by atoms with Gasteiger partial charge in [0, 0.05) is 11.1 Å². The fourth-order valence-electron chi connectivity index (χ4n) is 2.02. The molecule has 0 fully saturated rings. The van der Waals surface area contributed by atoms with Crippen LogP contribution in [0.2, 0.25) is 0 Å². The molecule has 2 aromatic rings. The second kappa shape index (κ2) is 10.1. The fraction of sp³-hybridized carbons (Fsp3) is 0.273. The van der Waals surface area contributed by atoms with Crippen molar-refractivity contribution < 1.29 is 18.3 Å². The van der Waals surface area contributed by atoms with Gasteiger partial charge in [0.2, 0.25) is 0 Å². The zero-order chi connectivity index (χ0) is 18.8. The molecule has 2 nitrogen and oxygen atoms in total. The Labute approximate surface area is 153 Å². The summed E-state index contributed by atoms with van der Waals surface area (Å²) < 4.78 is 38.2. The van der Waals surface area contributed by atoms with Crippen LogP contribution in [0.5, 0.6) is 11.5 Å². The average Bonchev–Trinajstić information content (AvgIpc) is 2.64. The summed E-state index contributed by atoms with van der Waals surface area (Å²) in [5.41, 5.74) is 0.991. The molecule has 26 heavy (non-hydrogen) atoms. The monoisotopic (exact) mass is 354 g/mol. The minimum Gasteiger partial charge on any atom is -0.491 e. The highest BCUT2D eigenvalue weighted by molar-refractivity contribution is 5.46. The Morgan fingerprint density at radius 3 is 1.50 bits per heavy atom. The summed E-state index contributed by atoms with van der Waals surface area (Å²) in [5, 5.41) is 0. The van der Waals surface area contributed by atoms with Gasteiger partial charge in [-0.05, 0) is 61.1 Å². The van der Waals surface area contributed by atoms with Gasteiger partial charge in [-0.15, -0.1) is 0 Å². The van der Waals surface area contributed by atoms with Crippen molar-refractivity contribution in [3.8, 4) is 35.2 Å². The third kappa shape index (κ3) is 5.83. The van der Waals surface area contributed by atoms with Gasteiger partial charge in [-0.25, -0.2) is 8.78 Å². The number of rotatable bonds is 6. The number of benzene rings is 2. The number of hydrogen-bond donors (Lipinski definition) is 0. The van der Waals surface area contributed by atoms with Gasteiger partial charge in [-0.2, -0.15) is 0 Å². The molecule has 0 spiro atoms. The topological polar surface area (TPSA) is 18.5 Å². The lowest BCUT2D eigenvalue weighted by Crippen LogP contribution is -1.97. The second-order valence-corrected chi connectivity index (χ2v) is 5.49. The molecule has 0 unspecified atom stereocenters. The lowest BCUT2D eigenvalue weighted by Gasteiger charge is -2.05. The molecule has 0 aromatic heterocycles. The van der Waals surface area contributed by atoms with Crippen molar-refractivity contribution in [3.05, 3.63) is 59.2 Å². The summed E-state index contributed by atoms with van der Waals surface area (Å²) in [6, 6.07) is 9.04. The number of hydrogen-bond acceptors (Lipinski definition) is 2. The molecule has 0 radical (unpaired) electrons. The standard InChI is InChI=1S/C22H20F2O2/c1-3-13-25-21-11-9-17(15-19(21)23)7-5-6-8-18-10-12-22(20(24)16-18)26-14-4-2/h9-12,15-16H,3-4,13-14H2,1-2H3. The first-order valence-corrected chi connectivity index (χ1v) is 8.50. The molecule has 0 heterocycles. The van der Waals surface area contributed by atoms with Gasteiger partial charge in [0.15, 0.2) is 23.1 Å². The van der Waals surface area contributed by atoms with E-state index < -0.39 is 11.6 Å². The van der Waals surface area contributed by atoms with Gasteiger partial charge in [0.1, 0.15) is 0 Å². The van der Waals surface area contributed by atoms with Crippen LogP contribution >= 0.6 is 0 Å². The normalized spacial score (nSPS) is 9.54. The van der Waals surface area contributed by atoms with Crippen LogP contribution in [0.1, 0.15) is 37.8 Å². The molecular formula is C22H20F2O2. The van der Waals surface area contributed by atoms with Crippen molar-refractivity contribution >= 4 is 0 Å². The van der Waals surface area contributed by atoms with E-state index >= 15 is 0 Å². The SMILES string of the molecule is CCCOc1ccc(C#CC#Cc2ccc(OCCC)c(F)c2)cc1F. The van der Waals surface area contributed by atoms with Gasteiger partial charge in [-0.1, -0.05) is 25.7 Å². The molecule has 0 atom stereocenters. The maximum absolute atomic E-state index is 13.8. The van der Waals surface area contributed by atoms with Crippen molar-refractivity contribution in [1.29, 1.82) is 0 Å². The van der Waals surface area contributed by atoms with Crippen LogP contribution in [0.4, 0.5) is 8.78 Å². The van der Waals surface area contributed by atoms with E-state index in [0.29, 0.717) is 24.3 Å². The third-order valence-electron chi connectivity index (χ3n) is 3.26. The Morgan fingerprint density at radius 2 is 1.15 bits per heavy atom. The van der Waals surface area contributed by atoms with E-state index in [4.69, 9.17) is 9.47 Å². The molecule has 134 valence electrons. The van der Waals surface area contributed by atoms with Gasteiger partial charge in [0.05, 0.1) is 13.2 Å². The number of ether oxygens (including phenoxy) is 2. The zero-order valence-electron chi connectivity index (χ0n) is 14.9. The maximum atomic E-state index is 13.8. The lowest BCUT2D eigenvalue weighted by atomic mass is 10.2. The van der Waals surface area contributed by atoms with Crippen LogP contribution in [0.25, 0.3) is 0 Å². The van der Waals surface area contributed by atoms with Crippen LogP contribution in [-0.4, -0.2) is 13.2 Å². The van der Waals surface area contributed by atoms with E-state index in [1.165, 1.54) is 12.1 Å². The molecular weight excluding hydrogens is 334 g/mol. The van der Waals surface area contributed by atoms with E-state index in [1.807, 2.05) is 13.8 Å². The minimum absolute atomic E-state index is 0.212. The highest BCUT2D eigenvalue weighted by atomic mass is 19.1. The predicted octanol–water partition coefficient (Wildman–Crippen LogP) is 4.95. The summed E-state index contributed by atoms with van der Waals surface area (Å²) >= 11 is 0. The Morgan fingerprint density at radius 1 is 0.731 bits per heavy atom. The molecule has 0 bridgehead atoms. The molecule has 0 aliphatic heterocycles. The predicted molar refractivity (Wildman–Crippen MR) is 98.1 cm³/mol. The molecule has 0 aliphatic rings. The Bertz CT molecular complexity index is 794. The highest BCUT2D eigenvalue weighted by Gasteiger charge is 2.04. The van der Waals surface area contributed by atoms with Gasteiger partial charge in [-0.3, -0.25) is 0 Å². The zero-order valence-corrected chi connectivity index (χ0v) is 14.9. The Balaban J connectivity index is 2.04. The van der Waals surface area contributed by atoms with Crippen LogP contribution in [0, 0.1) is 35.3 Å². The fourth-order valence-corrected chi connectivity index (χ4v) is 2.02. The number of halogens is 2. The smallest absolute Gasteiger partial charge is 0.166 e. The van der Waals surface area contributed by atoms with Crippen molar-refractivity contribution in [3.63, 3.8) is 0 Å². The summed E-state index contributed by atoms with van der Waals surface area (Å²) in [4.78, 5) is 0. The molecule has 0 saturated carbocycles. The van der Waals surface area contributed by atoms with Gasteiger partial charge < -0.3 is 9.47 Å². The van der Waals surface area contributed by atoms with Crippen molar-refractivity contribution in [2.75, 3.05) is 13.2 Å². The van der Waals surface area contributed by atoms with E-state index in [-0.39, 0.29) is 11.5 Å². The Kier molecular flexibility index (Phi) is 7.52. The first-order chi connectivity index (χ1) is 12.6. The quantitative estimate of drug-likeness (QED) is 0.684. The summed E-state index contributed by atoms with van der Waals surface area (Å²) in [5.74, 6) is 10.3. The second-order valence-electron chi connectivity index (χ2n) is 5.49. The summed E-state index contributed by atoms with van der Waals surface area (Å²) in [6.45, 7) is 4.83. The Hall–Kier alpha value is -2.98. The lowest BCUT2D eigenvalue weighted by molar-refractivity contribution is 0.301. The largest absolute Gasteiger partial charge is 0.491 e. The molecule has 2 rings (SSSR count). The van der Waals surface area contributed by atoms with Crippen LogP contribution in [0.15, 0.2) is 36.4 Å². The molecule has 4 heteroatoms. The minimum atomic E-state index is -0.456. The molecule has 0 N–H and O–H groups in total. The van der Waals surface area contributed by atoms with Crippen LogP contribution < -0.4 is 9.47 Å². The van der Waals surface area contributed by atoms with E-state index in [0.717, 1.165) is 12.8 Å². The van der Waals surface area contributed by atoms with Crippen molar-refractivity contribution in [1.82, 2.24) is 0 Å². The first-order valence-electron chi connectivity index (χ1n) is 8.50. The van der Waals surface area contributed by atoms with Gasteiger partial charge >= 0.3 is 0 Å². The molecule has 0 aliphatic carbocycles. The van der Waals surface area contributed by atoms with Crippen molar-refractivity contribution in [2.24, 2.45) is 0 Å². The molecule has 0 amide bonds. The first kappa shape index (κ1) is 19.3. The molecule has 2 aromatic carbocycles. The average molecular weight is 354 g/mol.